The Hall–Kier alpha value is -2.64. The van der Waals surface area contributed by atoms with Gasteiger partial charge in [0.25, 0.3) is 0 Å². The third-order valence-electron chi connectivity index (χ3n) is 6.13. The molecule has 0 spiro atoms. The summed E-state index contributed by atoms with van der Waals surface area (Å²) in [4.78, 5) is 32.8. The molecule has 174 valence electrons. The van der Waals surface area contributed by atoms with Crippen LogP contribution in [0.4, 0.5) is 11.4 Å². The van der Waals surface area contributed by atoms with Gasteiger partial charge in [0.15, 0.2) is 5.17 Å². The Morgan fingerprint density at radius 2 is 1.91 bits per heavy atom. The predicted molar refractivity (Wildman–Crippen MR) is 134 cm³/mol. The standard InChI is InChI=1S/C26H31N3O3S/c1-16-10-11-17(2)21(13-16)27-26-29(15-20-9-6-12-32-20)25(31)22(33-26)14-23(30)28-24-18(3)7-5-8-19(24)4/h5,7-8,10-11,13,20,22H,6,9,12,14-15H2,1-4H3,(H,28,30). The lowest BCUT2D eigenvalue weighted by Crippen LogP contribution is -2.38. The van der Waals surface area contributed by atoms with Crippen molar-refractivity contribution in [2.45, 2.75) is 58.3 Å². The molecule has 7 heteroatoms. The Morgan fingerprint density at radius 3 is 2.61 bits per heavy atom. The van der Waals surface area contributed by atoms with E-state index in [0.717, 1.165) is 53.1 Å². The molecule has 2 heterocycles. The quantitative estimate of drug-likeness (QED) is 0.647. The zero-order chi connectivity index (χ0) is 23.5. The molecule has 2 aliphatic rings. The molecule has 2 amide bonds. The third-order valence-corrected chi connectivity index (χ3v) is 7.30. The molecule has 0 aromatic heterocycles. The summed E-state index contributed by atoms with van der Waals surface area (Å²) in [7, 11) is 0. The number of hydrogen-bond donors (Lipinski definition) is 1. The summed E-state index contributed by atoms with van der Waals surface area (Å²) < 4.78 is 5.79. The van der Waals surface area contributed by atoms with Crippen molar-refractivity contribution in [1.29, 1.82) is 0 Å². The number of thioether (sulfide) groups is 1. The molecule has 4 rings (SSSR count). The fraction of sp³-hybridized carbons (Fsp3) is 0.423. The SMILES string of the molecule is Cc1ccc(C)c(N=C2SC(CC(=O)Nc3c(C)cccc3C)C(=O)N2CC2CCCO2)c1. The summed E-state index contributed by atoms with van der Waals surface area (Å²) in [5.41, 5.74) is 5.84. The monoisotopic (exact) mass is 465 g/mol. The van der Waals surface area contributed by atoms with Crippen molar-refractivity contribution in [2.24, 2.45) is 4.99 Å². The minimum absolute atomic E-state index is 0.0144. The molecular formula is C26H31N3O3S. The Bertz CT molecular complexity index is 1070. The van der Waals surface area contributed by atoms with Crippen molar-refractivity contribution in [2.75, 3.05) is 18.5 Å². The Balaban J connectivity index is 1.55. The number of carbonyl (C=O) groups is 2. The zero-order valence-electron chi connectivity index (χ0n) is 19.7. The first kappa shape index (κ1) is 23.5. The average Bonchev–Trinajstić information content (AvgIpc) is 3.38. The highest BCUT2D eigenvalue weighted by molar-refractivity contribution is 8.15. The van der Waals surface area contributed by atoms with Gasteiger partial charge >= 0.3 is 0 Å². The van der Waals surface area contributed by atoms with Gasteiger partial charge in [-0.15, -0.1) is 0 Å². The molecule has 33 heavy (non-hydrogen) atoms. The van der Waals surface area contributed by atoms with E-state index in [1.807, 2.05) is 58.0 Å². The summed E-state index contributed by atoms with van der Waals surface area (Å²) >= 11 is 1.38. The van der Waals surface area contributed by atoms with E-state index in [1.54, 1.807) is 4.90 Å². The number of benzene rings is 2. The van der Waals surface area contributed by atoms with Crippen molar-refractivity contribution in [1.82, 2.24) is 4.90 Å². The van der Waals surface area contributed by atoms with Crippen LogP contribution >= 0.6 is 11.8 Å². The topological polar surface area (TPSA) is 71.0 Å². The summed E-state index contributed by atoms with van der Waals surface area (Å²) in [6, 6.07) is 12.0. The van der Waals surface area contributed by atoms with Crippen molar-refractivity contribution in [3.8, 4) is 0 Å². The minimum Gasteiger partial charge on any atom is -0.376 e. The number of carbonyl (C=O) groups excluding carboxylic acids is 2. The first-order valence-electron chi connectivity index (χ1n) is 11.4. The second-order valence-electron chi connectivity index (χ2n) is 8.89. The molecule has 0 saturated carbocycles. The number of anilines is 1. The van der Waals surface area contributed by atoms with Crippen LogP contribution in [0.5, 0.6) is 0 Å². The fourth-order valence-corrected chi connectivity index (χ4v) is 5.36. The van der Waals surface area contributed by atoms with E-state index in [9.17, 15) is 9.59 Å². The lowest BCUT2D eigenvalue weighted by Gasteiger charge is -2.20. The van der Waals surface area contributed by atoms with Gasteiger partial charge in [0.05, 0.1) is 18.3 Å². The van der Waals surface area contributed by atoms with Crippen LogP contribution in [-0.4, -0.2) is 46.4 Å². The molecule has 2 atom stereocenters. The van der Waals surface area contributed by atoms with Gasteiger partial charge in [-0.2, -0.15) is 0 Å². The maximum atomic E-state index is 13.4. The molecule has 0 radical (unpaired) electrons. The van der Waals surface area contributed by atoms with Gasteiger partial charge in [-0.05, 0) is 68.9 Å². The van der Waals surface area contributed by atoms with E-state index >= 15 is 0 Å². The number of aryl methyl sites for hydroxylation is 4. The third kappa shape index (κ3) is 5.47. The number of hydrogen-bond acceptors (Lipinski definition) is 5. The number of aliphatic imine (C=N–C) groups is 1. The molecule has 2 aromatic carbocycles. The molecule has 2 aromatic rings. The number of ether oxygens (including phenoxy) is 1. The highest BCUT2D eigenvalue weighted by atomic mass is 32.2. The minimum atomic E-state index is -0.500. The number of nitrogens with one attached hydrogen (secondary N) is 1. The molecule has 2 aliphatic heterocycles. The summed E-state index contributed by atoms with van der Waals surface area (Å²) in [5.74, 6) is -0.237. The zero-order valence-corrected chi connectivity index (χ0v) is 20.5. The lowest BCUT2D eigenvalue weighted by atomic mass is 10.1. The number of para-hydroxylation sites is 1. The van der Waals surface area contributed by atoms with Gasteiger partial charge in [-0.1, -0.05) is 42.1 Å². The number of amides is 2. The summed E-state index contributed by atoms with van der Waals surface area (Å²) in [5, 5.41) is 3.15. The highest BCUT2D eigenvalue weighted by Gasteiger charge is 2.40. The second kappa shape index (κ2) is 10.1. The van der Waals surface area contributed by atoms with Crippen molar-refractivity contribution >= 4 is 40.1 Å². The Morgan fingerprint density at radius 1 is 1.15 bits per heavy atom. The van der Waals surface area contributed by atoms with Crippen LogP contribution in [0.2, 0.25) is 0 Å². The first-order valence-corrected chi connectivity index (χ1v) is 12.3. The van der Waals surface area contributed by atoms with Crippen molar-refractivity contribution < 1.29 is 14.3 Å². The Labute approximate surface area is 199 Å². The fourth-order valence-electron chi connectivity index (χ4n) is 4.20. The maximum absolute atomic E-state index is 13.4. The largest absolute Gasteiger partial charge is 0.376 e. The van der Waals surface area contributed by atoms with E-state index in [1.165, 1.54) is 11.8 Å². The average molecular weight is 466 g/mol. The maximum Gasteiger partial charge on any atom is 0.242 e. The van der Waals surface area contributed by atoms with Gasteiger partial charge in [0.2, 0.25) is 11.8 Å². The predicted octanol–water partition coefficient (Wildman–Crippen LogP) is 5.06. The number of nitrogens with zero attached hydrogens (tertiary/aromatic N) is 2. The lowest BCUT2D eigenvalue weighted by molar-refractivity contribution is -0.129. The summed E-state index contributed by atoms with van der Waals surface area (Å²) in [6.07, 6.45) is 2.06. The first-order chi connectivity index (χ1) is 15.8. The molecule has 0 bridgehead atoms. The van der Waals surface area contributed by atoms with E-state index in [-0.39, 0.29) is 24.3 Å². The second-order valence-corrected chi connectivity index (χ2v) is 10.1. The Kier molecular flexibility index (Phi) is 7.20. The molecule has 2 saturated heterocycles. The van der Waals surface area contributed by atoms with Crippen LogP contribution < -0.4 is 5.32 Å². The van der Waals surface area contributed by atoms with Crippen LogP contribution in [0.3, 0.4) is 0 Å². The molecule has 2 unspecified atom stereocenters. The van der Waals surface area contributed by atoms with Gasteiger partial charge < -0.3 is 10.1 Å². The van der Waals surface area contributed by atoms with E-state index in [4.69, 9.17) is 9.73 Å². The normalized spacial score (nSPS) is 21.8. The van der Waals surface area contributed by atoms with Crippen LogP contribution in [0, 0.1) is 27.7 Å². The molecule has 1 N–H and O–H groups in total. The van der Waals surface area contributed by atoms with E-state index in [0.29, 0.717) is 11.7 Å². The van der Waals surface area contributed by atoms with Gasteiger partial charge in [0.1, 0.15) is 5.25 Å². The van der Waals surface area contributed by atoms with Gasteiger partial charge in [-0.25, -0.2) is 4.99 Å². The van der Waals surface area contributed by atoms with Crippen molar-refractivity contribution in [3.63, 3.8) is 0 Å². The van der Waals surface area contributed by atoms with Gasteiger partial charge in [0, 0.05) is 18.7 Å². The van der Waals surface area contributed by atoms with E-state index < -0.39 is 5.25 Å². The molecule has 0 aliphatic carbocycles. The van der Waals surface area contributed by atoms with Crippen LogP contribution in [0.25, 0.3) is 0 Å². The van der Waals surface area contributed by atoms with Crippen LogP contribution in [-0.2, 0) is 14.3 Å². The smallest absolute Gasteiger partial charge is 0.242 e. The summed E-state index contributed by atoms with van der Waals surface area (Å²) in [6.45, 7) is 9.18. The van der Waals surface area contributed by atoms with Crippen LogP contribution in [0.15, 0.2) is 41.4 Å². The van der Waals surface area contributed by atoms with Crippen LogP contribution in [0.1, 0.15) is 41.5 Å². The highest BCUT2D eigenvalue weighted by Crippen LogP contribution is 2.34. The molecule has 6 nitrogen and oxygen atoms in total. The van der Waals surface area contributed by atoms with E-state index in [2.05, 4.69) is 11.4 Å². The molecule has 2 fully saturated rings. The van der Waals surface area contributed by atoms with Crippen molar-refractivity contribution in [3.05, 3.63) is 58.7 Å². The van der Waals surface area contributed by atoms with Gasteiger partial charge in [-0.3, -0.25) is 14.5 Å². The number of amidine groups is 1. The number of rotatable bonds is 6. The molecular weight excluding hydrogens is 434 g/mol.